The quantitative estimate of drug-likeness (QED) is 0.353. The molecular formula is C30H30FN5O. The number of halogens is 1. The summed E-state index contributed by atoms with van der Waals surface area (Å²) >= 11 is 0. The molecule has 37 heavy (non-hydrogen) atoms. The minimum atomic E-state index is -0.324. The van der Waals surface area contributed by atoms with Crippen LogP contribution in [-0.4, -0.2) is 44.6 Å². The summed E-state index contributed by atoms with van der Waals surface area (Å²) in [5.74, 6) is 7.14. The fraction of sp³-hybridized carbons (Fsp3) is 0.300. The fourth-order valence-corrected chi connectivity index (χ4v) is 4.40. The number of aromatic nitrogens is 3. The van der Waals surface area contributed by atoms with Crippen molar-refractivity contribution in [3.63, 3.8) is 0 Å². The highest BCUT2D eigenvalue weighted by Gasteiger charge is 2.28. The van der Waals surface area contributed by atoms with E-state index in [1.165, 1.54) is 12.1 Å². The van der Waals surface area contributed by atoms with Crippen LogP contribution in [0, 0.1) is 17.7 Å². The number of nitrogens with one attached hydrogen (secondary N) is 1. The number of piperidine rings is 1. The third-order valence-electron chi connectivity index (χ3n) is 6.44. The summed E-state index contributed by atoms with van der Waals surface area (Å²) in [6.07, 6.45) is 5.45. The van der Waals surface area contributed by atoms with E-state index in [0.29, 0.717) is 23.1 Å². The van der Waals surface area contributed by atoms with Crippen LogP contribution in [0.3, 0.4) is 0 Å². The minimum absolute atomic E-state index is 0.0955. The molecule has 5 rings (SSSR count). The van der Waals surface area contributed by atoms with E-state index < -0.39 is 0 Å². The molecule has 1 aliphatic rings. The lowest BCUT2D eigenvalue weighted by molar-refractivity contribution is 0.0491. The molecule has 6 nitrogen and oxygen atoms in total. The van der Waals surface area contributed by atoms with Crippen molar-refractivity contribution in [2.75, 3.05) is 18.4 Å². The van der Waals surface area contributed by atoms with Crippen molar-refractivity contribution < 1.29 is 9.13 Å². The summed E-state index contributed by atoms with van der Waals surface area (Å²) in [6.45, 7) is 8.72. The first-order chi connectivity index (χ1) is 17.8. The van der Waals surface area contributed by atoms with Gasteiger partial charge in [0.1, 0.15) is 23.4 Å². The van der Waals surface area contributed by atoms with Gasteiger partial charge >= 0.3 is 0 Å². The van der Waals surface area contributed by atoms with Gasteiger partial charge in [-0.05, 0) is 75.9 Å². The maximum absolute atomic E-state index is 13.6. The monoisotopic (exact) mass is 495 g/mol. The minimum Gasteiger partial charge on any atom is -0.489 e. The Balaban J connectivity index is 1.45. The van der Waals surface area contributed by atoms with Crippen LogP contribution < -0.4 is 10.1 Å². The molecule has 0 saturated carbocycles. The molecule has 1 saturated heterocycles. The molecule has 0 bridgehead atoms. The Morgan fingerprint density at radius 1 is 1.00 bits per heavy atom. The number of benzene rings is 2. The third kappa shape index (κ3) is 6.22. The van der Waals surface area contributed by atoms with Crippen molar-refractivity contribution in [1.29, 1.82) is 0 Å². The number of likely N-dealkylation sites (tertiary alicyclic amines) is 1. The number of ether oxygens (including phenoxy) is 1. The summed E-state index contributed by atoms with van der Waals surface area (Å²) in [5.41, 5.74) is 2.91. The van der Waals surface area contributed by atoms with Gasteiger partial charge < -0.3 is 10.1 Å². The average Bonchev–Trinajstić information content (AvgIpc) is 2.88. The lowest BCUT2D eigenvalue weighted by Gasteiger charge is -2.40. The molecule has 3 heterocycles. The topological polar surface area (TPSA) is 63.2 Å². The number of rotatable bonds is 4. The van der Waals surface area contributed by atoms with Gasteiger partial charge in [0, 0.05) is 48.2 Å². The SMILES string of the molecule is CC(C)(C)N1CCC(Oc2cc3nc(Nc4cccc(F)c4)ncc3cc2C#Cc2ccccn2)CC1. The Morgan fingerprint density at radius 2 is 1.84 bits per heavy atom. The predicted molar refractivity (Wildman–Crippen MR) is 144 cm³/mol. The zero-order chi connectivity index (χ0) is 25.8. The molecule has 1 aliphatic heterocycles. The summed E-state index contributed by atoms with van der Waals surface area (Å²) in [5, 5.41) is 3.91. The highest BCUT2D eigenvalue weighted by molar-refractivity contribution is 5.83. The van der Waals surface area contributed by atoms with E-state index in [0.717, 1.165) is 42.4 Å². The fourth-order valence-electron chi connectivity index (χ4n) is 4.40. The smallest absolute Gasteiger partial charge is 0.227 e. The summed E-state index contributed by atoms with van der Waals surface area (Å²) < 4.78 is 20.1. The Hall–Kier alpha value is -4.02. The van der Waals surface area contributed by atoms with Crippen LogP contribution >= 0.6 is 0 Å². The lowest BCUT2D eigenvalue weighted by Crippen LogP contribution is -2.48. The van der Waals surface area contributed by atoms with Crippen molar-refractivity contribution >= 4 is 22.5 Å². The van der Waals surface area contributed by atoms with Gasteiger partial charge in [-0.25, -0.2) is 19.3 Å². The zero-order valence-electron chi connectivity index (χ0n) is 21.3. The van der Waals surface area contributed by atoms with E-state index in [1.807, 2.05) is 30.3 Å². The van der Waals surface area contributed by atoms with Crippen molar-refractivity contribution in [2.24, 2.45) is 0 Å². The molecule has 1 fully saturated rings. The van der Waals surface area contributed by atoms with Crippen LogP contribution in [0.4, 0.5) is 16.0 Å². The number of hydrogen-bond acceptors (Lipinski definition) is 6. The number of hydrogen-bond donors (Lipinski definition) is 1. The second kappa shape index (κ2) is 10.5. The first-order valence-electron chi connectivity index (χ1n) is 12.5. The van der Waals surface area contributed by atoms with Crippen molar-refractivity contribution in [2.45, 2.75) is 45.3 Å². The Kier molecular flexibility index (Phi) is 7.02. The summed E-state index contributed by atoms with van der Waals surface area (Å²) in [4.78, 5) is 15.9. The van der Waals surface area contributed by atoms with Gasteiger partial charge in [-0.3, -0.25) is 4.90 Å². The second-order valence-electron chi connectivity index (χ2n) is 10.2. The van der Waals surface area contributed by atoms with Crippen molar-refractivity contribution in [1.82, 2.24) is 19.9 Å². The molecule has 188 valence electrons. The van der Waals surface area contributed by atoms with E-state index in [2.05, 4.69) is 57.8 Å². The molecular weight excluding hydrogens is 465 g/mol. The van der Waals surface area contributed by atoms with Crippen LogP contribution in [0.15, 0.2) is 67.0 Å². The van der Waals surface area contributed by atoms with Gasteiger partial charge in [-0.1, -0.05) is 18.1 Å². The van der Waals surface area contributed by atoms with E-state index in [9.17, 15) is 4.39 Å². The van der Waals surface area contributed by atoms with Crippen LogP contribution in [-0.2, 0) is 0 Å². The molecule has 0 amide bonds. The number of pyridine rings is 1. The number of fused-ring (bicyclic) bond motifs is 1. The standard InChI is InChI=1S/C30H30FN5O/c1-30(2,3)36-15-12-26(13-16-36)37-28-19-27-22(17-21(28)10-11-24-8-4-5-14-32-24)20-33-29(35-27)34-25-9-6-7-23(31)18-25/h4-9,14,17-20,26H,12-13,15-16H2,1-3H3,(H,33,34,35). The zero-order valence-corrected chi connectivity index (χ0v) is 21.3. The maximum atomic E-state index is 13.6. The molecule has 2 aromatic heterocycles. The molecule has 0 aliphatic carbocycles. The molecule has 0 unspecified atom stereocenters. The van der Waals surface area contributed by atoms with Crippen LogP contribution in [0.2, 0.25) is 0 Å². The Morgan fingerprint density at radius 3 is 2.57 bits per heavy atom. The summed E-state index contributed by atoms with van der Waals surface area (Å²) in [7, 11) is 0. The largest absolute Gasteiger partial charge is 0.489 e. The Labute approximate surface area is 216 Å². The van der Waals surface area contributed by atoms with Gasteiger partial charge in [0.25, 0.3) is 0 Å². The van der Waals surface area contributed by atoms with Gasteiger partial charge in [-0.2, -0.15) is 0 Å². The molecule has 7 heteroatoms. The van der Waals surface area contributed by atoms with Crippen molar-refractivity contribution in [3.05, 3.63) is 84.1 Å². The lowest BCUT2D eigenvalue weighted by atomic mass is 9.99. The Bertz CT molecular complexity index is 1450. The molecule has 2 aromatic carbocycles. The van der Waals surface area contributed by atoms with Crippen LogP contribution in [0.1, 0.15) is 44.9 Å². The van der Waals surface area contributed by atoms with Gasteiger partial charge in [-0.15, -0.1) is 0 Å². The predicted octanol–water partition coefficient (Wildman–Crippen LogP) is 5.95. The number of anilines is 2. The van der Waals surface area contributed by atoms with Gasteiger partial charge in [0.15, 0.2) is 0 Å². The third-order valence-corrected chi connectivity index (χ3v) is 6.44. The molecule has 0 atom stereocenters. The van der Waals surface area contributed by atoms with E-state index in [1.54, 1.807) is 24.5 Å². The van der Waals surface area contributed by atoms with E-state index in [-0.39, 0.29) is 17.5 Å². The molecule has 4 aromatic rings. The van der Waals surface area contributed by atoms with Gasteiger partial charge in [0.05, 0.1) is 11.1 Å². The molecule has 1 N–H and O–H groups in total. The van der Waals surface area contributed by atoms with Crippen molar-refractivity contribution in [3.8, 4) is 17.6 Å². The highest BCUT2D eigenvalue weighted by atomic mass is 19.1. The van der Waals surface area contributed by atoms with E-state index in [4.69, 9.17) is 4.74 Å². The molecule has 0 spiro atoms. The van der Waals surface area contributed by atoms with Crippen LogP contribution in [0.25, 0.3) is 10.9 Å². The second-order valence-corrected chi connectivity index (χ2v) is 10.2. The van der Waals surface area contributed by atoms with Crippen LogP contribution in [0.5, 0.6) is 5.75 Å². The van der Waals surface area contributed by atoms with Gasteiger partial charge in [0.2, 0.25) is 5.95 Å². The average molecular weight is 496 g/mol. The first-order valence-corrected chi connectivity index (χ1v) is 12.5. The maximum Gasteiger partial charge on any atom is 0.227 e. The molecule has 0 radical (unpaired) electrons. The normalized spacial score (nSPS) is 14.7. The first kappa shape index (κ1) is 24.7. The highest BCUT2D eigenvalue weighted by Crippen LogP contribution is 2.29. The van der Waals surface area contributed by atoms with E-state index >= 15 is 0 Å². The summed E-state index contributed by atoms with van der Waals surface area (Å²) in [6, 6.07) is 15.8. The number of nitrogens with zero attached hydrogens (tertiary/aromatic N) is 4.